The van der Waals surface area contributed by atoms with E-state index in [0.29, 0.717) is 35.4 Å². The summed E-state index contributed by atoms with van der Waals surface area (Å²) in [5, 5.41) is 14.7. The van der Waals surface area contributed by atoms with Crippen LogP contribution in [0.15, 0.2) is 84.9 Å². The van der Waals surface area contributed by atoms with Crippen molar-refractivity contribution in [1.29, 1.82) is 0 Å². The Balaban J connectivity index is 1.23. The van der Waals surface area contributed by atoms with Gasteiger partial charge in [-0.15, -0.1) is 0 Å². The lowest BCUT2D eigenvalue weighted by molar-refractivity contribution is -0.136. The number of aliphatic hydroxyl groups is 1. The normalized spacial score (nSPS) is 23.9. The molecule has 1 heterocycles. The van der Waals surface area contributed by atoms with Crippen LogP contribution >= 0.6 is 0 Å². The highest BCUT2D eigenvalue weighted by Gasteiger charge is 2.55. The van der Waals surface area contributed by atoms with Crippen molar-refractivity contribution in [1.82, 2.24) is 10.2 Å². The second-order valence-electron chi connectivity index (χ2n) is 9.32. The van der Waals surface area contributed by atoms with E-state index in [1.54, 1.807) is 0 Å². The summed E-state index contributed by atoms with van der Waals surface area (Å²) in [6.07, 6.45) is 0. The molecule has 0 spiro atoms. The molecule has 2 fully saturated rings. The fourth-order valence-electron chi connectivity index (χ4n) is 5.25. The van der Waals surface area contributed by atoms with Gasteiger partial charge in [0.05, 0.1) is 0 Å². The van der Waals surface area contributed by atoms with E-state index in [2.05, 4.69) is 40.5 Å². The largest absolute Gasteiger partial charge is 0.372 e. The minimum absolute atomic E-state index is 0.348. The van der Waals surface area contributed by atoms with Gasteiger partial charge in [-0.3, -0.25) is 9.69 Å². The molecule has 0 radical (unpaired) electrons. The number of amides is 1. The number of nitrogens with one attached hydrogen (secondary N) is 1. The molecule has 1 saturated carbocycles. The highest BCUT2D eigenvalue weighted by atomic mass is 16.3. The van der Waals surface area contributed by atoms with Gasteiger partial charge in [-0.25, -0.2) is 0 Å². The first kappa shape index (κ1) is 20.9. The summed E-state index contributed by atoms with van der Waals surface area (Å²) in [6.45, 7) is 5.78. The molecule has 2 aliphatic rings. The van der Waals surface area contributed by atoms with E-state index < -0.39 is 5.60 Å². The molecule has 4 nitrogen and oxygen atoms in total. The molecule has 0 bridgehead atoms. The number of piperidine rings is 1. The Hall–Kier alpha value is -2.95. The van der Waals surface area contributed by atoms with Crippen molar-refractivity contribution in [2.75, 3.05) is 19.6 Å². The molecule has 5 rings (SSSR count). The molecular weight excluding hydrogens is 396 g/mol. The fourth-order valence-corrected chi connectivity index (χ4v) is 5.25. The lowest BCUT2D eigenvalue weighted by Crippen LogP contribution is -2.46. The summed E-state index contributed by atoms with van der Waals surface area (Å²) in [4.78, 5) is 15.8. The molecule has 3 aromatic rings. The van der Waals surface area contributed by atoms with Crippen molar-refractivity contribution in [3.8, 4) is 0 Å². The second-order valence-corrected chi connectivity index (χ2v) is 9.32. The van der Waals surface area contributed by atoms with Crippen LogP contribution in [0.25, 0.3) is 0 Å². The molecule has 1 aliphatic heterocycles. The topological polar surface area (TPSA) is 52.6 Å². The summed E-state index contributed by atoms with van der Waals surface area (Å²) in [5.41, 5.74) is 1.93. The zero-order chi connectivity index (χ0) is 22.1. The molecule has 4 heteroatoms. The Labute approximate surface area is 189 Å². The monoisotopic (exact) mass is 426 g/mol. The number of aryl methyl sites for hydroxylation is 1. The van der Waals surface area contributed by atoms with E-state index in [1.165, 1.54) is 5.56 Å². The predicted molar refractivity (Wildman–Crippen MR) is 126 cm³/mol. The van der Waals surface area contributed by atoms with Crippen molar-refractivity contribution >= 4 is 5.91 Å². The third kappa shape index (κ3) is 3.96. The summed E-state index contributed by atoms with van der Waals surface area (Å²) in [6, 6.07) is 27.4. The third-order valence-corrected chi connectivity index (χ3v) is 7.18. The smallest absolute Gasteiger partial charge is 0.261 e. The molecule has 0 unspecified atom stereocenters. The van der Waals surface area contributed by atoms with E-state index in [9.17, 15) is 9.90 Å². The molecule has 4 atom stereocenters. The van der Waals surface area contributed by atoms with Gasteiger partial charge in [-0.1, -0.05) is 90.5 Å². The van der Waals surface area contributed by atoms with Crippen LogP contribution in [0.1, 0.15) is 22.3 Å². The van der Waals surface area contributed by atoms with Gasteiger partial charge in [-0.05, 0) is 41.4 Å². The molecule has 0 aromatic heterocycles. The lowest BCUT2D eigenvalue weighted by atomic mass is 9.85. The van der Waals surface area contributed by atoms with Gasteiger partial charge in [0.1, 0.15) is 0 Å². The van der Waals surface area contributed by atoms with Gasteiger partial charge >= 0.3 is 0 Å². The Kier molecular flexibility index (Phi) is 5.58. The third-order valence-electron chi connectivity index (χ3n) is 7.18. The first-order valence-corrected chi connectivity index (χ1v) is 11.5. The van der Waals surface area contributed by atoms with E-state index in [1.807, 2.05) is 61.5 Å². The zero-order valence-electron chi connectivity index (χ0n) is 18.4. The van der Waals surface area contributed by atoms with E-state index >= 15 is 0 Å². The van der Waals surface area contributed by atoms with Crippen molar-refractivity contribution < 1.29 is 9.90 Å². The number of benzene rings is 3. The first-order chi connectivity index (χ1) is 15.6. The number of carbonyl (C=O) groups is 1. The highest BCUT2D eigenvalue weighted by Crippen LogP contribution is 2.51. The number of hydrogen-bond donors (Lipinski definition) is 2. The minimum Gasteiger partial charge on any atom is -0.372 e. The molecule has 1 amide bonds. The van der Waals surface area contributed by atoms with E-state index in [4.69, 9.17) is 0 Å². The zero-order valence-corrected chi connectivity index (χ0v) is 18.4. The standard InChI is InChI=1S/C28H30N2O2/c1-20-12-14-23(15-13-20)28(32,22-10-6-3-7-11-22)27(31)29-16-24-25-18-30(19-26(24)25)17-21-8-4-2-5-9-21/h2-15,24-26,32H,16-19H2,1H3,(H,29,31)/t24-,25-,26+,28-/m0/s1. The molecule has 1 saturated heterocycles. The number of nitrogens with zero attached hydrogens (tertiary/aromatic N) is 1. The molecule has 1 aliphatic carbocycles. The number of fused-ring (bicyclic) bond motifs is 1. The number of carbonyl (C=O) groups excluding carboxylic acids is 1. The fraction of sp³-hybridized carbons (Fsp3) is 0.321. The molecular formula is C28H30N2O2. The summed E-state index contributed by atoms with van der Waals surface area (Å²) >= 11 is 0. The lowest BCUT2D eigenvalue weighted by Gasteiger charge is -2.28. The van der Waals surface area contributed by atoms with Crippen LogP contribution in [0.4, 0.5) is 0 Å². The molecule has 2 N–H and O–H groups in total. The van der Waals surface area contributed by atoms with Crippen LogP contribution in [0.3, 0.4) is 0 Å². The molecule has 32 heavy (non-hydrogen) atoms. The van der Waals surface area contributed by atoms with Gasteiger partial charge in [0.15, 0.2) is 5.60 Å². The van der Waals surface area contributed by atoms with Gasteiger partial charge in [0, 0.05) is 26.2 Å². The Morgan fingerprint density at radius 1 is 0.906 bits per heavy atom. The maximum absolute atomic E-state index is 13.3. The van der Waals surface area contributed by atoms with Crippen molar-refractivity contribution in [2.45, 2.75) is 19.1 Å². The van der Waals surface area contributed by atoms with E-state index in [0.717, 1.165) is 25.2 Å². The maximum Gasteiger partial charge on any atom is 0.261 e. The van der Waals surface area contributed by atoms with Gasteiger partial charge in [-0.2, -0.15) is 0 Å². The van der Waals surface area contributed by atoms with Crippen LogP contribution in [-0.4, -0.2) is 35.5 Å². The predicted octanol–water partition coefficient (Wildman–Crippen LogP) is 3.73. The minimum atomic E-state index is -1.70. The van der Waals surface area contributed by atoms with Crippen molar-refractivity contribution in [2.24, 2.45) is 17.8 Å². The number of likely N-dealkylation sites (tertiary alicyclic amines) is 1. The average Bonchev–Trinajstić information content (AvgIpc) is 3.28. The summed E-state index contributed by atoms with van der Waals surface area (Å²) in [7, 11) is 0. The van der Waals surface area contributed by atoms with Gasteiger partial charge in [0.25, 0.3) is 5.91 Å². The van der Waals surface area contributed by atoms with Crippen LogP contribution in [0.5, 0.6) is 0 Å². The van der Waals surface area contributed by atoms with Crippen molar-refractivity contribution in [3.05, 3.63) is 107 Å². The average molecular weight is 427 g/mol. The maximum atomic E-state index is 13.3. The number of hydrogen-bond acceptors (Lipinski definition) is 3. The SMILES string of the molecule is Cc1ccc([C@](O)(C(=O)NC[C@@H]2[C@H]3CN(Cc4ccccc4)C[C@@H]23)c2ccccc2)cc1. The van der Waals surface area contributed by atoms with Crippen LogP contribution in [0.2, 0.25) is 0 Å². The molecule has 3 aromatic carbocycles. The Bertz CT molecular complexity index is 1060. The Morgan fingerprint density at radius 2 is 1.47 bits per heavy atom. The molecule has 164 valence electrons. The van der Waals surface area contributed by atoms with Crippen LogP contribution in [-0.2, 0) is 16.9 Å². The van der Waals surface area contributed by atoms with E-state index in [-0.39, 0.29) is 5.91 Å². The van der Waals surface area contributed by atoms with Crippen LogP contribution < -0.4 is 5.32 Å². The van der Waals surface area contributed by atoms with Crippen molar-refractivity contribution in [3.63, 3.8) is 0 Å². The first-order valence-electron chi connectivity index (χ1n) is 11.5. The van der Waals surface area contributed by atoms with Gasteiger partial charge < -0.3 is 10.4 Å². The second kappa shape index (κ2) is 8.53. The number of rotatable bonds is 7. The summed E-state index contributed by atoms with van der Waals surface area (Å²) < 4.78 is 0. The highest BCUT2D eigenvalue weighted by molar-refractivity contribution is 5.90. The van der Waals surface area contributed by atoms with Crippen LogP contribution in [0, 0.1) is 24.7 Å². The summed E-state index contributed by atoms with van der Waals surface area (Å²) in [5.74, 6) is 1.44. The quantitative estimate of drug-likeness (QED) is 0.605. The Morgan fingerprint density at radius 3 is 2.09 bits per heavy atom. The van der Waals surface area contributed by atoms with Gasteiger partial charge in [0.2, 0.25) is 0 Å².